The van der Waals surface area contributed by atoms with Crippen molar-refractivity contribution in [1.29, 1.82) is 0 Å². The third kappa shape index (κ3) is 4.21. The highest BCUT2D eigenvalue weighted by molar-refractivity contribution is 5.87. The van der Waals surface area contributed by atoms with Gasteiger partial charge in [0.15, 0.2) is 5.76 Å². The molecule has 6 heteroatoms. The maximum Gasteiger partial charge on any atom is 0.311 e. The van der Waals surface area contributed by atoms with E-state index in [-0.39, 0.29) is 30.9 Å². The van der Waals surface area contributed by atoms with Crippen LogP contribution < -0.4 is 0 Å². The second-order valence-corrected chi connectivity index (χ2v) is 7.19. The molecule has 1 amide bonds. The number of hydrogen-bond donors (Lipinski definition) is 0. The second kappa shape index (κ2) is 8.31. The minimum Gasteiger partial charge on any atom is -0.459 e. The third-order valence-electron chi connectivity index (χ3n) is 5.22. The maximum absolute atomic E-state index is 12.5. The highest BCUT2D eigenvalue weighted by atomic mass is 16.5. The number of esters is 1. The van der Waals surface area contributed by atoms with Crippen LogP contribution in [0, 0.1) is 5.92 Å². The van der Waals surface area contributed by atoms with Gasteiger partial charge in [0, 0.05) is 24.6 Å². The van der Waals surface area contributed by atoms with Gasteiger partial charge in [0.1, 0.15) is 12.3 Å². The van der Waals surface area contributed by atoms with Gasteiger partial charge in [-0.15, -0.1) is 0 Å². The first-order valence-corrected chi connectivity index (χ1v) is 9.64. The average molecular weight is 390 g/mol. The first-order chi connectivity index (χ1) is 14.1. The van der Waals surface area contributed by atoms with E-state index in [0.29, 0.717) is 18.0 Å². The fourth-order valence-corrected chi connectivity index (χ4v) is 3.56. The first-order valence-electron chi connectivity index (χ1n) is 9.64. The summed E-state index contributed by atoms with van der Waals surface area (Å²) in [5.74, 6) is -0.258. The minimum atomic E-state index is -0.464. The lowest BCUT2D eigenvalue weighted by Gasteiger charge is -2.25. The highest BCUT2D eigenvalue weighted by Gasteiger charge is 2.38. The molecule has 0 unspecified atom stereocenters. The summed E-state index contributed by atoms with van der Waals surface area (Å²) >= 11 is 0. The van der Waals surface area contributed by atoms with Crippen molar-refractivity contribution in [3.8, 4) is 11.3 Å². The van der Waals surface area contributed by atoms with Gasteiger partial charge in [0.25, 0.3) is 0 Å². The van der Waals surface area contributed by atoms with E-state index in [1.165, 1.54) is 0 Å². The Kier molecular flexibility index (Phi) is 5.42. The summed E-state index contributed by atoms with van der Waals surface area (Å²) in [7, 11) is 0. The molecule has 0 bridgehead atoms. The van der Waals surface area contributed by atoms with Gasteiger partial charge in [0.05, 0.1) is 12.0 Å². The standard InChI is InChI=1S/C23H22N2O4/c1-16(17-8-4-2-5-9-17)25-14-19(12-22(25)26)23(27)28-15-20-13-21(29-24-20)18-10-6-3-7-11-18/h2-11,13,16,19H,12,14-15H2,1H3/t16-,19+/m1/s1. The zero-order chi connectivity index (χ0) is 20.2. The van der Waals surface area contributed by atoms with E-state index >= 15 is 0 Å². The largest absolute Gasteiger partial charge is 0.459 e. The topological polar surface area (TPSA) is 72.6 Å². The number of aromatic nitrogens is 1. The number of hydrogen-bond acceptors (Lipinski definition) is 5. The van der Waals surface area contributed by atoms with E-state index in [1.54, 1.807) is 11.0 Å². The van der Waals surface area contributed by atoms with Crippen LogP contribution in [0.1, 0.15) is 30.6 Å². The highest BCUT2D eigenvalue weighted by Crippen LogP contribution is 2.29. The predicted molar refractivity (Wildman–Crippen MR) is 106 cm³/mol. The zero-order valence-corrected chi connectivity index (χ0v) is 16.2. The molecule has 1 aromatic heterocycles. The zero-order valence-electron chi connectivity index (χ0n) is 16.2. The molecule has 0 radical (unpaired) electrons. The van der Waals surface area contributed by atoms with Crippen LogP contribution in [-0.4, -0.2) is 28.5 Å². The molecule has 148 valence electrons. The molecule has 1 fully saturated rings. The van der Waals surface area contributed by atoms with Crippen LogP contribution >= 0.6 is 0 Å². The summed E-state index contributed by atoms with van der Waals surface area (Å²) in [6.45, 7) is 2.36. The van der Waals surface area contributed by atoms with E-state index in [0.717, 1.165) is 11.1 Å². The van der Waals surface area contributed by atoms with Crippen LogP contribution in [0.4, 0.5) is 0 Å². The smallest absolute Gasteiger partial charge is 0.311 e. The first kappa shape index (κ1) is 18.9. The number of carbonyl (C=O) groups is 2. The summed E-state index contributed by atoms with van der Waals surface area (Å²) < 4.78 is 10.7. The molecule has 29 heavy (non-hydrogen) atoms. The van der Waals surface area contributed by atoms with Crippen LogP contribution in [-0.2, 0) is 20.9 Å². The van der Waals surface area contributed by atoms with Gasteiger partial charge in [-0.05, 0) is 12.5 Å². The molecular weight excluding hydrogens is 368 g/mol. The Morgan fingerprint density at radius 2 is 1.86 bits per heavy atom. The molecule has 6 nitrogen and oxygen atoms in total. The summed E-state index contributed by atoms with van der Waals surface area (Å²) in [5.41, 5.74) is 2.49. The molecular formula is C23H22N2O4. The lowest BCUT2D eigenvalue weighted by Crippen LogP contribution is -2.29. The van der Waals surface area contributed by atoms with Crippen LogP contribution in [0.15, 0.2) is 71.3 Å². The van der Waals surface area contributed by atoms with Crippen LogP contribution in [0.2, 0.25) is 0 Å². The van der Waals surface area contributed by atoms with E-state index in [2.05, 4.69) is 5.16 Å². The second-order valence-electron chi connectivity index (χ2n) is 7.19. The number of likely N-dealkylation sites (tertiary alicyclic amines) is 1. The molecule has 1 saturated heterocycles. The van der Waals surface area contributed by atoms with E-state index in [4.69, 9.17) is 9.26 Å². The van der Waals surface area contributed by atoms with Gasteiger partial charge < -0.3 is 14.2 Å². The van der Waals surface area contributed by atoms with Gasteiger partial charge in [-0.3, -0.25) is 9.59 Å². The van der Waals surface area contributed by atoms with E-state index in [9.17, 15) is 9.59 Å². The van der Waals surface area contributed by atoms with E-state index < -0.39 is 5.92 Å². The Labute approximate surface area is 169 Å². The molecule has 0 aliphatic carbocycles. The van der Waals surface area contributed by atoms with Gasteiger partial charge in [-0.25, -0.2) is 0 Å². The van der Waals surface area contributed by atoms with Crippen molar-refractivity contribution in [2.45, 2.75) is 26.0 Å². The van der Waals surface area contributed by atoms with Crippen LogP contribution in [0.3, 0.4) is 0 Å². The normalized spacial score (nSPS) is 17.3. The summed E-state index contributed by atoms with van der Waals surface area (Å²) in [5, 5.41) is 3.96. The lowest BCUT2D eigenvalue weighted by molar-refractivity contribution is -0.149. The molecule has 1 aliphatic heterocycles. The number of nitrogens with zero attached hydrogens (tertiary/aromatic N) is 2. The number of amides is 1. The summed E-state index contributed by atoms with van der Waals surface area (Å²) in [6, 6.07) is 21.1. The Morgan fingerprint density at radius 3 is 2.59 bits per heavy atom. The van der Waals surface area contributed by atoms with Crippen molar-refractivity contribution < 1.29 is 18.8 Å². The molecule has 2 atom stereocenters. The Balaban J connectivity index is 1.34. The number of ether oxygens (including phenoxy) is 1. The van der Waals surface area contributed by atoms with Crippen molar-refractivity contribution in [3.05, 3.63) is 78.0 Å². The lowest BCUT2D eigenvalue weighted by atomic mass is 10.1. The SMILES string of the molecule is C[C@H](c1ccccc1)N1C[C@@H](C(=O)OCc2cc(-c3ccccc3)on2)CC1=O. The molecule has 3 aromatic rings. The average Bonchev–Trinajstić information content (AvgIpc) is 3.40. The monoisotopic (exact) mass is 390 g/mol. The molecule has 2 aromatic carbocycles. The van der Waals surface area contributed by atoms with Crippen LogP contribution in [0.5, 0.6) is 0 Å². The van der Waals surface area contributed by atoms with Gasteiger partial charge >= 0.3 is 5.97 Å². The Hall–Kier alpha value is -3.41. The fraction of sp³-hybridized carbons (Fsp3) is 0.261. The minimum absolute atomic E-state index is 0.0219. The van der Waals surface area contributed by atoms with Gasteiger partial charge in [-0.1, -0.05) is 65.8 Å². The molecule has 1 aliphatic rings. The Bertz CT molecular complexity index is 984. The predicted octanol–water partition coefficient (Wildman–Crippen LogP) is 3.99. The van der Waals surface area contributed by atoms with Crippen molar-refractivity contribution in [3.63, 3.8) is 0 Å². The van der Waals surface area contributed by atoms with E-state index in [1.807, 2.05) is 67.6 Å². The molecule has 0 saturated carbocycles. The quantitative estimate of drug-likeness (QED) is 0.595. The van der Waals surface area contributed by atoms with Crippen molar-refractivity contribution in [2.24, 2.45) is 5.92 Å². The number of rotatable bonds is 6. The third-order valence-corrected chi connectivity index (χ3v) is 5.22. The molecule has 2 heterocycles. The summed E-state index contributed by atoms with van der Waals surface area (Å²) in [4.78, 5) is 26.7. The molecule has 0 spiro atoms. The number of carbonyl (C=O) groups excluding carboxylic acids is 2. The van der Waals surface area contributed by atoms with Crippen molar-refractivity contribution >= 4 is 11.9 Å². The molecule has 4 rings (SSSR count). The maximum atomic E-state index is 12.5. The Morgan fingerprint density at radius 1 is 1.17 bits per heavy atom. The van der Waals surface area contributed by atoms with Crippen molar-refractivity contribution in [1.82, 2.24) is 10.1 Å². The van der Waals surface area contributed by atoms with Gasteiger partial charge in [-0.2, -0.15) is 0 Å². The summed E-state index contributed by atoms with van der Waals surface area (Å²) in [6.07, 6.45) is 0.171. The number of benzene rings is 2. The molecule has 0 N–H and O–H groups in total. The van der Waals surface area contributed by atoms with Crippen molar-refractivity contribution in [2.75, 3.05) is 6.54 Å². The van der Waals surface area contributed by atoms with Gasteiger partial charge in [0.2, 0.25) is 5.91 Å². The fourth-order valence-electron chi connectivity index (χ4n) is 3.56. The van der Waals surface area contributed by atoms with Crippen LogP contribution in [0.25, 0.3) is 11.3 Å².